The third-order valence-corrected chi connectivity index (χ3v) is 25.1. The molecule has 3 aliphatic heterocycles. The summed E-state index contributed by atoms with van der Waals surface area (Å²) in [6.45, 7) is 8.09. The van der Waals surface area contributed by atoms with Crippen molar-refractivity contribution < 1.29 is 96.8 Å². The molecule has 0 radical (unpaired) electrons. The number of aliphatic carboxylic acids is 2. The molecule has 14 atom stereocenters. The van der Waals surface area contributed by atoms with Gasteiger partial charge >= 0.3 is 11.9 Å². The Labute approximate surface area is 772 Å². The zero-order chi connectivity index (χ0) is 96.9. The number of carboxylic acid groups (broad SMARTS) is 2. The van der Waals surface area contributed by atoms with Gasteiger partial charge < -0.3 is 125 Å². The minimum absolute atomic E-state index is 0.0210. The number of rotatable bonds is 26. The number of carboxylic acids is 2. The normalized spacial score (nSPS) is 24.4. The number of aromatic hydroxyl groups is 1. The number of H-pyrrole nitrogens is 3. The van der Waals surface area contributed by atoms with Crippen molar-refractivity contribution in [1.82, 2.24) is 97.6 Å². The fourth-order valence-corrected chi connectivity index (χ4v) is 17.5. The molecule has 3 aliphatic rings. The van der Waals surface area contributed by atoms with Gasteiger partial charge in [-0.2, -0.15) is 0 Å². The second-order valence-electron chi connectivity index (χ2n) is 33.7. The van der Waals surface area contributed by atoms with Gasteiger partial charge in [0.1, 0.15) is 84.3 Å². The highest BCUT2D eigenvalue weighted by atomic mass is 32.2. The van der Waals surface area contributed by atoms with E-state index in [1.54, 1.807) is 30.6 Å². The lowest BCUT2D eigenvalue weighted by Gasteiger charge is -2.36. The standard InChI is InChI=1S/C90H124N22O20S/c1-8-10-22-71-84(126)102-62(33-35-92)81(123)107-69(79(121)97-46-74(93)114)47-133-48-75(115)100-66(38-52-26-28-56(113)29-27-52)86(128)108(5)51(4)78(120)105-68(42-77(118)119)89(131)112-37-17-25-72(112)85(127)104-65(41-55-45-94-49-98-55)83(125)103-63(30-31-76(116)117)88(130)111-36-16-24-70(111)50(3)99-64(39-53-43-95-59-20-14-12-18-57(53)59)82(124)101-61(32-34-91)80(122)106-67(40-54-44-96-60-21-15-13-19-58(54)60)87(129)110(7)73(23-11-9-2)90(132)109(71)6/h12-15,18-21,26-29,43-45,49,51,61-73,95-96,99,113H,3,8-11,16-17,22-25,30-42,46-48,91-92H2,1-2,4-7H3,(H2,93,114)(H,94,98)(H,97,121)(H,100,115)(H,101,124)(H,102,126)(H,103,125)(H,104,127)(H,105,120)(H,106,122)(H,107,123)(H,116,117)(H,118,119)/t51-,61-,62-,63-,64-,65-,66-,67-,68-,69-,70-,71-,72-,73-/m0/s1. The molecule has 22 N–H and O–H groups in total. The molecule has 42 nitrogen and oxygen atoms in total. The highest BCUT2D eigenvalue weighted by molar-refractivity contribution is 8.00. The Morgan fingerprint density at radius 3 is 1.60 bits per heavy atom. The molecule has 0 bridgehead atoms. The minimum Gasteiger partial charge on any atom is -0.508 e. The summed E-state index contributed by atoms with van der Waals surface area (Å²) in [6, 6.07) is -0.598. The number of fused-ring (bicyclic) bond motifs is 4. The number of nitrogens with zero attached hydrogens (tertiary/aromatic N) is 6. The van der Waals surface area contributed by atoms with Crippen LogP contribution in [0.1, 0.15) is 139 Å². The van der Waals surface area contributed by atoms with Gasteiger partial charge in [-0.3, -0.25) is 81.5 Å². The zero-order valence-corrected chi connectivity index (χ0v) is 76.3. The SMILES string of the molecule is C=C1N[C@@H](Cc2c[nH]c3ccccc23)C(=O)N[C@@H](CCN)C(=O)N[C@@H](Cc2c[nH]c3ccccc23)C(=O)N(C)[C@@H](CCCC)C(=O)N(C)[C@@H](CCCC)C(=O)N[C@@H](CCN)C(=O)N[C@H](C(=O)NCC(N)=O)CSCC(=O)N[C@@H](Cc2ccc(O)cc2)C(=O)N(C)[C@@H](C)C(=O)N[C@@H](CC(=O)O)C(=O)N2CCC[C@H]2C(=O)N[C@@H](Cc2cnc[nH]2)C(=O)N[C@@H](CCC(=O)O)C(=O)N2CCC[C@@H]12. The molecule has 6 heterocycles. The molecule has 0 spiro atoms. The molecule has 15 amide bonds. The average molecular weight is 1870 g/mol. The van der Waals surface area contributed by atoms with E-state index >= 15 is 33.6 Å². The molecular weight excluding hydrogens is 1740 g/mol. The first-order chi connectivity index (χ1) is 63.5. The predicted octanol–water partition coefficient (Wildman–Crippen LogP) is -1.05. The van der Waals surface area contributed by atoms with Gasteiger partial charge in [-0.1, -0.05) is 94.6 Å². The molecule has 3 aromatic carbocycles. The van der Waals surface area contributed by atoms with Crippen LogP contribution < -0.4 is 70.4 Å². The maximum Gasteiger partial charge on any atom is 0.305 e. The van der Waals surface area contributed by atoms with Crippen LogP contribution in [-0.4, -0.2) is 310 Å². The van der Waals surface area contributed by atoms with Gasteiger partial charge in [0, 0.05) is 124 Å². The predicted molar refractivity (Wildman–Crippen MR) is 489 cm³/mol. The first-order valence-electron chi connectivity index (χ1n) is 44.7. The minimum atomic E-state index is -1.91. The van der Waals surface area contributed by atoms with Crippen LogP contribution in [0.4, 0.5) is 0 Å². The van der Waals surface area contributed by atoms with E-state index in [0.29, 0.717) is 65.2 Å². The fraction of sp³-hybridized carbons (Fsp3) is 0.511. The van der Waals surface area contributed by atoms with Gasteiger partial charge in [-0.15, -0.1) is 11.8 Å². The molecule has 6 aromatic rings. The molecule has 3 aromatic heterocycles. The largest absolute Gasteiger partial charge is 0.508 e. The van der Waals surface area contributed by atoms with E-state index in [4.69, 9.17) is 17.2 Å². The van der Waals surface area contributed by atoms with Crippen molar-refractivity contribution in [3.8, 4) is 5.75 Å². The molecular formula is C90H124N22O20S. The zero-order valence-electron chi connectivity index (χ0n) is 75.5. The molecule has 133 heavy (non-hydrogen) atoms. The number of unbranched alkanes of at least 4 members (excludes halogenated alkanes) is 2. The summed E-state index contributed by atoms with van der Waals surface area (Å²) >= 11 is 0.765. The second-order valence-corrected chi connectivity index (χ2v) is 34.7. The lowest BCUT2D eigenvalue weighted by Crippen LogP contribution is -2.61. The Hall–Kier alpha value is -13.4. The number of nitrogens with two attached hydrogens (primary N) is 3. The third kappa shape index (κ3) is 28.5. The maximum atomic E-state index is 15.8. The van der Waals surface area contributed by atoms with Crippen molar-refractivity contribution in [2.75, 3.05) is 65.4 Å². The number of phenols is 1. The van der Waals surface area contributed by atoms with Crippen LogP contribution in [0.15, 0.2) is 110 Å². The van der Waals surface area contributed by atoms with Crippen molar-refractivity contribution in [2.24, 2.45) is 17.2 Å². The monoisotopic (exact) mass is 1860 g/mol. The van der Waals surface area contributed by atoms with E-state index in [0.717, 1.165) is 26.9 Å². The summed E-state index contributed by atoms with van der Waals surface area (Å²) in [5.74, 6) is -17.5. The van der Waals surface area contributed by atoms with Crippen molar-refractivity contribution in [3.05, 3.63) is 132 Å². The van der Waals surface area contributed by atoms with Gasteiger partial charge in [0.2, 0.25) is 88.6 Å². The van der Waals surface area contributed by atoms with Crippen molar-refractivity contribution in [1.29, 1.82) is 0 Å². The van der Waals surface area contributed by atoms with Crippen molar-refractivity contribution >= 4 is 134 Å². The highest BCUT2D eigenvalue weighted by Gasteiger charge is 2.45. The lowest BCUT2D eigenvalue weighted by molar-refractivity contribution is -0.149. The number of imidazole rings is 1. The maximum absolute atomic E-state index is 15.8. The van der Waals surface area contributed by atoms with Gasteiger partial charge in [0.05, 0.1) is 31.1 Å². The van der Waals surface area contributed by atoms with Crippen LogP contribution in [0.5, 0.6) is 5.75 Å². The van der Waals surface area contributed by atoms with Crippen molar-refractivity contribution in [2.45, 2.75) is 227 Å². The number of carbonyl (C=O) groups is 17. The van der Waals surface area contributed by atoms with Crippen LogP contribution >= 0.6 is 11.8 Å². The van der Waals surface area contributed by atoms with E-state index in [1.165, 1.54) is 79.6 Å². The van der Waals surface area contributed by atoms with Gasteiger partial charge in [0.25, 0.3) is 0 Å². The number of benzene rings is 3. The van der Waals surface area contributed by atoms with E-state index < -0.39 is 222 Å². The Balaban J connectivity index is 1.09. The number of thioether (sulfide) groups is 1. The number of hydrogen-bond acceptors (Lipinski definition) is 23. The molecule has 9 rings (SSSR count). The summed E-state index contributed by atoms with van der Waals surface area (Å²) < 4.78 is 0. The number of likely N-dealkylation sites (N-methyl/N-ethyl adjacent to an activating group) is 3. The van der Waals surface area contributed by atoms with Crippen LogP contribution in [0.25, 0.3) is 21.8 Å². The number of hydrogen-bond donors (Lipinski definition) is 19. The number of amides is 15. The quantitative estimate of drug-likeness (QED) is 0.0308. The van der Waals surface area contributed by atoms with Crippen LogP contribution in [0.3, 0.4) is 0 Å². The van der Waals surface area contributed by atoms with E-state index in [1.807, 2.05) is 44.2 Å². The molecule has 0 saturated carbocycles. The summed E-state index contributed by atoms with van der Waals surface area (Å²) in [5, 5.41) is 59.1. The number of phenolic OH excluding ortho intramolecular Hbond substituents is 1. The molecule has 43 heteroatoms. The van der Waals surface area contributed by atoms with E-state index in [2.05, 4.69) is 79.7 Å². The van der Waals surface area contributed by atoms with Crippen LogP contribution in [0.2, 0.25) is 0 Å². The second kappa shape index (κ2) is 49.7. The smallest absolute Gasteiger partial charge is 0.305 e. The Kier molecular flexibility index (Phi) is 38.6. The summed E-state index contributed by atoms with van der Waals surface area (Å²) in [5.41, 5.74) is 21.2. The number of primary amides is 1. The van der Waals surface area contributed by atoms with Crippen LogP contribution in [-0.2, 0) is 107 Å². The van der Waals surface area contributed by atoms with Gasteiger partial charge in [-0.25, -0.2) is 4.98 Å². The lowest BCUT2D eigenvalue weighted by atomic mass is 9.99. The molecule has 0 unspecified atom stereocenters. The number of para-hydroxylation sites is 2. The number of aromatic amines is 3. The molecule has 720 valence electrons. The Morgan fingerprint density at radius 2 is 1.02 bits per heavy atom. The summed E-state index contributed by atoms with van der Waals surface area (Å²) in [6.07, 6.45) is 4.99. The highest BCUT2D eigenvalue weighted by Crippen LogP contribution is 2.29. The first-order valence-corrected chi connectivity index (χ1v) is 45.8. The number of aromatic nitrogens is 4. The molecule has 3 fully saturated rings. The molecule has 3 saturated heterocycles. The number of nitrogens with one attached hydrogen (secondary N) is 13. The fourth-order valence-electron chi connectivity index (χ4n) is 16.6. The van der Waals surface area contributed by atoms with Crippen LogP contribution in [0, 0.1) is 0 Å². The topological polar surface area (TPSA) is 626 Å². The van der Waals surface area contributed by atoms with E-state index in [9.17, 15) is 63.3 Å². The first kappa shape index (κ1) is 103. The average Bonchev–Trinajstić information content (AvgIpc) is 1.37. The van der Waals surface area contributed by atoms with Gasteiger partial charge in [0.15, 0.2) is 0 Å². The van der Waals surface area contributed by atoms with E-state index in [-0.39, 0.29) is 114 Å². The summed E-state index contributed by atoms with van der Waals surface area (Å²) in [4.78, 5) is 266. The Bertz CT molecular complexity index is 5140. The van der Waals surface area contributed by atoms with Gasteiger partial charge in [-0.05, 0) is 119 Å². The third-order valence-electron chi connectivity index (χ3n) is 24.1. The summed E-state index contributed by atoms with van der Waals surface area (Å²) in [7, 11) is 3.97. The Morgan fingerprint density at radius 1 is 0.519 bits per heavy atom. The van der Waals surface area contributed by atoms with Crippen molar-refractivity contribution in [3.63, 3.8) is 0 Å². The number of carbonyl (C=O) groups excluding carboxylic acids is 15. The molecule has 0 aliphatic carbocycles.